The highest BCUT2D eigenvalue weighted by molar-refractivity contribution is 7.17. The standard InChI is InChI=1S/C14H18N4O2S/c1-3-15-14-18-17-13(21-14)12(19)16-9-8-10-6-4-5-7-11(10)20-2/h4-7H,3,8-9H2,1-2H3,(H,15,18)(H,16,19). The highest BCUT2D eigenvalue weighted by Crippen LogP contribution is 2.17. The van der Waals surface area contributed by atoms with Crippen molar-refractivity contribution in [1.29, 1.82) is 0 Å². The van der Waals surface area contributed by atoms with E-state index < -0.39 is 0 Å². The Balaban J connectivity index is 1.86. The van der Waals surface area contributed by atoms with E-state index in [-0.39, 0.29) is 5.91 Å². The van der Waals surface area contributed by atoms with Crippen molar-refractivity contribution in [2.24, 2.45) is 0 Å². The average molecular weight is 306 g/mol. The zero-order valence-electron chi connectivity index (χ0n) is 12.0. The van der Waals surface area contributed by atoms with Crippen molar-refractivity contribution in [2.45, 2.75) is 13.3 Å². The number of rotatable bonds is 7. The van der Waals surface area contributed by atoms with Crippen LogP contribution in [0.2, 0.25) is 0 Å². The van der Waals surface area contributed by atoms with Gasteiger partial charge in [-0.3, -0.25) is 4.79 Å². The zero-order chi connectivity index (χ0) is 15.1. The van der Waals surface area contributed by atoms with Gasteiger partial charge in [-0.2, -0.15) is 0 Å². The average Bonchev–Trinajstić information content (AvgIpc) is 2.97. The number of carbonyl (C=O) groups is 1. The predicted octanol–water partition coefficient (Wildman–Crippen LogP) is 1.95. The van der Waals surface area contributed by atoms with Crippen molar-refractivity contribution in [3.63, 3.8) is 0 Å². The number of hydrogen-bond donors (Lipinski definition) is 2. The maximum atomic E-state index is 11.9. The summed E-state index contributed by atoms with van der Waals surface area (Å²) < 4.78 is 5.28. The van der Waals surface area contributed by atoms with Crippen molar-refractivity contribution >= 4 is 22.4 Å². The van der Waals surface area contributed by atoms with Gasteiger partial charge in [0.05, 0.1) is 7.11 Å². The maximum absolute atomic E-state index is 11.9. The number of aromatic nitrogens is 2. The summed E-state index contributed by atoms with van der Waals surface area (Å²) in [6.45, 7) is 3.24. The fourth-order valence-corrected chi connectivity index (χ4v) is 2.56. The van der Waals surface area contributed by atoms with E-state index in [4.69, 9.17) is 4.74 Å². The predicted molar refractivity (Wildman–Crippen MR) is 83.1 cm³/mol. The van der Waals surface area contributed by atoms with E-state index in [1.807, 2.05) is 31.2 Å². The molecule has 6 nitrogen and oxygen atoms in total. The quantitative estimate of drug-likeness (QED) is 0.817. The number of benzene rings is 1. The first-order valence-electron chi connectivity index (χ1n) is 6.72. The molecule has 1 amide bonds. The van der Waals surface area contributed by atoms with E-state index in [1.54, 1.807) is 7.11 Å². The van der Waals surface area contributed by atoms with E-state index >= 15 is 0 Å². The Morgan fingerprint density at radius 1 is 1.33 bits per heavy atom. The molecule has 0 bridgehead atoms. The fraction of sp³-hybridized carbons (Fsp3) is 0.357. The molecule has 2 rings (SSSR count). The van der Waals surface area contributed by atoms with Gasteiger partial charge in [0.1, 0.15) is 5.75 Å². The summed E-state index contributed by atoms with van der Waals surface area (Å²) in [6, 6.07) is 7.77. The number of methoxy groups -OCH3 is 1. The van der Waals surface area contributed by atoms with Gasteiger partial charge >= 0.3 is 0 Å². The molecule has 0 spiro atoms. The van der Waals surface area contributed by atoms with Crippen molar-refractivity contribution in [2.75, 3.05) is 25.5 Å². The molecule has 0 aliphatic carbocycles. The first-order valence-corrected chi connectivity index (χ1v) is 7.53. The minimum Gasteiger partial charge on any atom is -0.496 e. The fourth-order valence-electron chi connectivity index (χ4n) is 1.83. The molecule has 112 valence electrons. The molecule has 2 N–H and O–H groups in total. The van der Waals surface area contributed by atoms with Gasteiger partial charge in [-0.05, 0) is 25.0 Å². The monoisotopic (exact) mass is 306 g/mol. The second-order valence-corrected chi connectivity index (χ2v) is 5.24. The molecule has 0 saturated heterocycles. The third-order valence-corrected chi connectivity index (χ3v) is 3.70. The number of nitrogens with zero attached hydrogens (tertiary/aromatic N) is 2. The molecule has 0 saturated carbocycles. The van der Waals surface area contributed by atoms with Gasteiger partial charge in [0.2, 0.25) is 10.1 Å². The summed E-state index contributed by atoms with van der Waals surface area (Å²) in [5, 5.41) is 14.7. The Labute approximate surface area is 127 Å². The minimum atomic E-state index is -0.202. The third-order valence-electron chi connectivity index (χ3n) is 2.82. The van der Waals surface area contributed by atoms with Crippen LogP contribution in [0.3, 0.4) is 0 Å². The number of hydrogen-bond acceptors (Lipinski definition) is 6. The van der Waals surface area contributed by atoms with Crippen LogP contribution in [0.4, 0.5) is 5.13 Å². The number of nitrogens with one attached hydrogen (secondary N) is 2. The van der Waals surface area contributed by atoms with Gasteiger partial charge in [0.15, 0.2) is 0 Å². The summed E-state index contributed by atoms with van der Waals surface area (Å²) in [4.78, 5) is 11.9. The van der Waals surface area contributed by atoms with E-state index in [9.17, 15) is 4.79 Å². The molecule has 0 radical (unpaired) electrons. The molecule has 0 aliphatic heterocycles. The Bertz CT molecular complexity index is 600. The molecular formula is C14H18N4O2S. The van der Waals surface area contributed by atoms with E-state index in [0.717, 1.165) is 17.9 Å². The van der Waals surface area contributed by atoms with Crippen LogP contribution in [-0.4, -0.2) is 36.3 Å². The van der Waals surface area contributed by atoms with Gasteiger partial charge < -0.3 is 15.4 Å². The van der Waals surface area contributed by atoms with Gasteiger partial charge in [-0.15, -0.1) is 10.2 Å². The smallest absolute Gasteiger partial charge is 0.282 e. The normalized spacial score (nSPS) is 10.2. The molecular weight excluding hydrogens is 288 g/mol. The second kappa shape index (κ2) is 7.58. The van der Waals surface area contributed by atoms with Gasteiger partial charge in [-0.1, -0.05) is 29.5 Å². The number of ether oxygens (including phenoxy) is 1. The second-order valence-electron chi connectivity index (χ2n) is 4.26. The molecule has 1 aromatic carbocycles. The van der Waals surface area contributed by atoms with E-state index in [1.165, 1.54) is 11.3 Å². The largest absolute Gasteiger partial charge is 0.496 e. The molecule has 0 aliphatic rings. The van der Waals surface area contributed by atoms with Crippen molar-refractivity contribution < 1.29 is 9.53 Å². The molecule has 1 heterocycles. The molecule has 21 heavy (non-hydrogen) atoms. The molecule has 0 unspecified atom stereocenters. The Morgan fingerprint density at radius 3 is 2.90 bits per heavy atom. The summed E-state index contributed by atoms with van der Waals surface area (Å²) >= 11 is 1.25. The Morgan fingerprint density at radius 2 is 2.14 bits per heavy atom. The van der Waals surface area contributed by atoms with Crippen LogP contribution < -0.4 is 15.4 Å². The summed E-state index contributed by atoms with van der Waals surface area (Å²) in [6.07, 6.45) is 0.703. The number of anilines is 1. The Hall–Kier alpha value is -2.15. The number of para-hydroxylation sites is 1. The summed E-state index contributed by atoms with van der Waals surface area (Å²) in [7, 11) is 1.64. The van der Waals surface area contributed by atoms with E-state index in [0.29, 0.717) is 23.1 Å². The van der Waals surface area contributed by atoms with E-state index in [2.05, 4.69) is 20.8 Å². The van der Waals surface area contributed by atoms with Crippen LogP contribution in [0, 0.1) is 0 Å². The van der Waals surface area contributed by atoms with Crippen molar-refractivity contribution in [3.8, 4) is 5.75 Å². The number of carbonyl (C=O) groups excluding carboxylic acids is 1. The lowest BCUT2D eigenvalue weighted by Gasteiger charge is -2.08. The molecule has 1 aromatic heterocycles. The lowest BCUT2D eigenvalue weighted by atomic mass is 10.1. The lowest BCUT2D eigenvalue weighted by molar-refractivity contribution is 0.0953. The van der Waals surface area contributed by atoms with Crippen LogP contribution in [0.1, 0.15) is 22.3 Å². The summed E-state index contributed by atoms with van der Waals surface area (Å²) in [5.41, 5.74) is 1.06. The van der Waals surface area contributed by atoms with Crippen LogP contribution in [0.15, 0.2) is 24.3 Å². The summed E-state index contributed by atoms with van der Waals surface area (Å²) in [5.74, 6) is 0.628. The third kappa shape index (κ3) is 4.16. The molecule has 0 atom stereocenters. The highest BCUT2D eigenvalue weighted by Gasteiger charge is 2.12. The van der Waals surface area contributed by atoms with Crippen molar-refractivity contribution in [1.82, 2.24) is 15.5 Å². The van der Waals surface area contributed by atoms with Crippen LogP contribution in [0.5, 0.6) is 5.75 Å². The first-order chi connectivity index (χ1) is 10.2. The SMILES string of the molecule is CCNc1nnc(C(=O)NCCc2ccccc2OC)s1. The van der Waals surface area contributed by atoms with Crippen molar-refractivity contribution in [3.05, 3.63) is 34.8 Å². The highest BCUT2D eigenvalue weighted by atomic mass is 32.1. The molecule has 7 heteroatoms. The minimum absolute atomic E-state index is 0.202. The van der Waals surface area contributed by atoms with Crippen LogP contribution in [0.25, 0.3) is 0 Å². The maximum Gasteiger partial charge on any atom is 0.282 e. The number of amides is 1. The first kappa shape index (κ1) is 15.2. The lowest BCUT2D eigenvalue weighted by Crippen LogP contribution is -2.25. The zero-order valence-corrected chi connectivity index (χ0v) is 12.9. The van der Waals surface area contributed by atoms with Gasteiger partial charge in [0, 0.05) is 13.1 Å². The molecule has 0 fully saturated rings. The Kier molecular flexibility index (Phi) is 5.51. The van der Waals surface area contributed by atoms with Gasteiger partial charge in [0.25, 0.3) is 5.91 Å². The van der Waals surface area contributed by atoms with Crippen LogP contribution in [-0.2, 0) is 6.42 Å². The molecule has 2 aromatic rings. The topological polar surface area (TPSA) is 76.1 Å². The van der Waals surface area contributed by atoms with Gasteiger partial charge in [-0.25, -0.2) is 0 Å². The van der Waals surface area contributed by atoms with Crippen LogP contribution >= 0.6 is 11.3 Å².